The molecule has 0 saturated carbocycles. The van der Waals surface area contributed by atoms with E-state index in [4.69, 9.17) is 0 Å². The molecular weight excluding hydrogens is 432 g/mol. The topological polar surface area (TPSA) is 91.6 Å². The number of benzene rings is 1. The van der Waals surface area contributed by atoms with Crippen LogP contribution in [0.2, 0.25) is 0 Å². The lowest BCUT2D eigenvalue weighted by Crippen LogP contribution is -2.48. The van der Waals surface area contributed by atoms with E-state index in [0.29, 0.717) is 12.6 Å². The van der Waals surface area contributed by atoms with Crippen molar-refractivity contribution in [3.63, 3.8) is 0 Å². The van der Waals surface area contributed by atoms with E-state index in [-0.39, 0.29) is 35.3 Å². The fourth-order valence-corrected chi connectivity index (χ4v) is 4.42. The van der Waals surface area contributed by atoms with Crippen LogP contribution >= 0.6 is 0 Å². The van der Waals surface area contributed by atoms with Crippen molar-refractivity contribution in [2.24, 2.45) is 5.92 Å². The molecule has 178 valence electrons. The van der Waals surface area contributed by atoms with Crippen LogP contribution in [0.1, 0.15) is 55.2 Å². The summed E-state index contributed by atoms with van der Waals surface area (Å²) in [5, 5.41) is 13.0. The Balaban J connectivity index is 1.99. The van der Waals surface area contributed by atoms with E-state index < -0.39 is 34.3 Å². The Kier molecular flexibility index (Phi) is 6.90. The Morgan fingerprint density at radius 3 is 2.64 bits per heavy atom. The molecule has 7 nitrogen and oxygen atoms in total. The zero-order valence-electron chi connectivity index (χ0n) is 19.2. The lowest BCUT2D eigenvalue weighted by molar-refractivity contribution is -0.121. The van der Waals surface area contributed by atoms with Gasteiger partial charge in [0.1, 0.15) is 17.2 Å². The molecule has 0 spiro atoms. The number of carbonyl (C=O) groups excluding carboxylic acids is 2. The second kappa shape index (κ2) is 9.33. The third kappa shape index (κ3) is 4.62. The average molecular weight is 462 g/mol. The van der Waals surface area contributed by atoms with Gasteiger partial charge in [-0.05, 0) is 45.6 Å². The molecule has 2 heterocycles. The maximum atomic E-state index is 13.9. The molecule has 0 bridgehead atoms. The number of nitrogens with one attached hydrogen (secondary N) is 1. The molecule has 2 amide bonds. The van der Waals surface area contributed by atoms with Crippen LogP contribution in [-0.4, -0.2) is 39.5 Å². The lowest BCUT2D eigenvalue weighted by Gasteiger charge is -2.41. The minimum Gasteiger partial charge on any atom is -0.503 e. The molecule has 2 N–H and O–H groups in total. The van der Waals surface area contributed by atoms with Crippen LogP contribution in [0.3, 0.4) is 0 Å². The van der Waals surface area contributed by atoms with Crippen molar-refractivity contribution >= 4 is 12.3 Å². The molecule has 3 atom stereocenters. The van der Waals surface area contributed by atoms with Crippen LogP contribution in [0.15, 0.2) is 29.2 Å². The molecule has 1 aromatic carbocycles. The van der Waals surface area contributed by atoms with Gasteiger partial charge in [0.05, 0.1) is 11.2 Å². The molecule has 3 rings (SSSR count). The van der Waals surface area contributed by atoms with Crippen molar-refractivity contribution < 1.29 is 23.5 Å². The summed E-state index contributed by atoms with van der Waals surface area (Å²) < 4.78 is 28.7. The Hall–Kier alpha value is -3.23. The Morgan fingerprint density at radius 2 is 2.00 bits per heavy atom. The number of amides is 2. The average Bonchev–Trinajstić information content (AvgIpc) is 2.88. The number of halogens is 2. The Labute approximate surface area is 191 Å². The van der Waals surface area contributed by atoms with E-state index in [0.717, 1.165) is 25.3 Å². The van der Waals surface area contributed by atoms with Crippen molar-refractivity contribution in [2.75, 3.05) is 6.54 Å². The molecule has 9 heteroatoms. The molecule has 0 radical (unpaired) electrons. The molecular formula is C24H29F2N3O4. The number of hydrogen-bond acceptors (Lipinski definition) is 4. The summed E-state index contributed by atoms with van der Waals surface area (Å²) in [5.74, 6) is -2.84. The Bertz CT molecular complexity index is 1130. The van der Waals surface area contributed by atoms with E-state index >= 15 is 0 Å². The summed E-state index contributed by atoms with van der Waals surface area (Å²) >= 11 is 0. The molecule has 1 aromatic heterocycles. The number of likely N-dealkylation sites (tertiary alicyclic amines) is 1. The zero-order chi connectivity index (χ0) is 24.5. The van der Waals surface area contributed by atoms with Gasteiger partial charge in [-0.1, -0.05) is 13.0 Å². The van der Waals surface area contributed by atoms with E-state index in [9.17, 15) is 28.3 Å². The number of pyridine rings is 1. The predicted octanol–water partition coefficient (Wildman–Crippen LogP) is 3.06. The molecule has 1 aliphatic heterocycles. The van der Waals surface area contributed by atoms with Gasteiger partial charge in [0.15, 0.2) is 5.75 Å². The van der Waals surface area contributed by atoms with Crippen LogP contribution in [0, 0.1) is 24.5 Å². The second-order valence-electron chi connectivity index (χ2n) is 9.06. The summed E-state index contributed by atoms with van der Waals surface area (Å²) in [6.07, 6.45) is 3.80. The molecule has 1 fully saturated rings. The summed E-state index contributed by atoms with van der Waals surface area (Å²) in [5.41, 5.74) is -1.49. The monoisotopic (exact) mass is 461 g/mol. The number of aromatic nitrogens is 1. The third-order valence-electron chi connectivity index (χ3n) is 6.95. The SMILES string of the molecule is Cc1c(O)c(=O)c(C(=O)NCc2ccc(F)cc2F)cn1C1(C)CN(C=O)C(C)CCC1C. The number of rotatable bonds is 5. The first kappa shape index (κ1) is 24.4. The van der Waals surface area contributed by atoms with Crippen LogP contribution in [0.25, 0.3) is 0 Å². The highest BCUT2D eigenvalue weighted by Gasteiger charge is 2.40. The molecule has 3 unspecified atom stereocenters. The van der Waals surface area contributed by atoms with Gasteiger partial charge in [-0.3, -0.25) is 14.4 Å². The van der Waals surface area contributed by atoms with E-state index in [1.165, 1.54) is 12.3 Å². The van der Waals surface area contributed by atoms with E-state index in [2.05, 4.69) is 5.32 Å². The minimum absolute atomic E-state index is 0.0356. The maximum absolute atomic E-state index is 13.9. The summed E-state index contributed by atoms with van der Waals surface area (Å²) in [6, 6.07) is 3.02. The smallest absolute Gasteiger partial charge is 0.257 e. The second-order valence-corrected chi connectivity index (χ2v) is 9.06. The van der Waals surface area contributed by atoms with Crippen LogP contribution in [-0.2, 0) is 16.9 Å². The summed E-state index contributed by atoms with van der Waals surface area (Å²) in [7, 11) is 0. The molecule has 1 saturated heterocycles. The molecule has 33 heavy (non-hydrogen) atoms. The largest absolute Gasteiger partial charge is 0.503 e. The summed E-state index contributed by atoms with van der Waals surface area (Å²) in [4.78, 5) is 38.9. The van der Waals surface area contributed by atoms with Gasteiger partial charge >= 0.3 is 0 Å². The lowest BCUT2D eigenvalue weighted by atomic mass is 9.83. The number of nitrogens with zero attached hydrogens (tertiary/aromatic N) is 2. The quantitative estimate of drug-likeness (QED) is 0.670. The number of carbonyl (C=O) groups is 2. The maximum Gasteiger partial charge on any atom is 0.257 e. The van der Waals surface area contributed by atoms with Gasteiger partial charge < -0.3 is 19.9 Å². The van der Waals surface area contributed by atoms with Gasteiger partial charge in [-0.2, -0.15) is 0 Å². The van der Waals surface area contributed by atoms with Gasteiger partial charge in [0.2, 0.25) is 11.8 Å². The van der Waals surface area contributed by atoms with Crippen molar-refractivity contribution in [2.45, 2.75) is 58.7 Å². The third-order valence-corrected chi connectivity index (χ3v) is 6.95. The molecule has 0 aliphatic carbocycles. The fraction of sp³-hybridized carbons (Fsp3) is 0.458. The highest BCUT2D eigenvalue weighted by atomic mass is 19.1. The van der Waals surface area contributed by atoms with Gasteiger partial charge in [-0.25, -0.2) is 8.78 Å². The fourth-order valence-electron chi connectivity index (χ4n) is 4.42. The first-order valence-electron chi connectivity index (χ1n) is 10.9. The van der Waals surface area contributed by atoms with Gasteiger partial charge in [0, 0.05) is 37.0 Å². The van der Waals surface area contributed by atoms with Crippen LogP contribution < -0.4 is 10.7 Å². The highest BCUT2D eigenvalue weighted by Crippen LogP contribution is 2.36. The first-order valence-corrected chi connectivity index (χ1v) is 10.9. The molecule has 1 aliphatic rings. The number of aromatic hydroxyl groups is 1. The Morgan fingerprint density at radius 1 is 1.30 bits per heavy atom. The predicted molar refractivity (Wildman–Crippen MR) is 119 cm³/mol. The van der Waals surface area contributed by atoms with Crippen LogP contribution in [0.4, 0.5) is 8.78 Å². The van der Waals surface area contributed by atoms with Crippen molar-refractivity contribution in [3.8, 4) is 5.75 Å². The molecule has 2 aromatic rings. The van der Waals surface area contributed by atoms with E-state index in [1.54, 1.807) is 16.4 Å². The van der Waals surface area contributed by atoms with Crippen molar-refractivity contribution in [1.29, 1.82) is 0 Å². The zero-order valence-corrected chi connectivity index (χ0v) is 19.2. The number of hydrogen-bond donors (Lipinski definition) is 2. The van der Waals surface area contributed by atoms with E-state index in [1.807, 2.05) is 20.8 Å². The summed E-state index contributed by atoms with van der Waals surface area (Å²) in [6.45, 7) is 7.60. The normalized spacial score (nSPS) is 23.2. The van der Waals surface area contributed by atoms with Gasteiger partial charge in [0.25, 0.3) is 5.91 Å². The van der Waals surface area contributed by atoms with Crippen LogP contribution in [0.5, 0.6) is 5.75 Å². The highest BCUT2D eigenvalue weighted by molar-refractivity contribution is 5.94. The van der Waals surface area contributed by atoms with Crippen molar-refractivity contribution in [3.05, 3.63) is 63.1 Å². The van der Waals surface area contributed by atoms with Gasteiger partial charge in [-0.15, -0.1) is 0 Å². The minimum atomic E-state index is -0.841. The first-order chi connectivity index (χ1) is 15.5. The standard InChI is InChI=1S/C24H29F2N3O4/c1-14-5-6-15(2)28(13-30)12-24(14,4)29-11-19(22(32)21(31)16(29)3)23(33)27-10-17-7-8-18(25)9-20(17)26/h7-9,11,13-15,31H,5-6,10,12H2,1-4H3,(H,27,33). The van der Waals surface area contributed by atoms with Crippen molar-refractivity contribution in [1.82, 2.24) is 14.8 Å².